The molecule has 1 aromatic carbocycles. The number of aliphatic hydroxyl groups excluding tert-OH is 1. The molecule has 0 aromatic heterocycles. The SMILES string of the molecule is CS(=O)(=O)NC[C@H]1OC[C@@](O)(CNC(=O)c2ccccc2)[C@@H]1O. The van der Waals surface area contributed by atoms with Gasteiger partial charge in [0.05, 0.1) is 25.5 Å². The van der Waals surface area contributed by atoms with Crippen LogP contribution in [0.2, 0.25) is 0 Å². The van der Waals surface area contributed by atoms with E-state index in [1.54, 1.807) is 30.3 Å². The average molecular weight is 344 g/mol. The van der Waals surface area contributed by atoms with Gasteiger partial charge in [-0.05, 0) is 12.1 Å². The topological polar surface area (TPSA) is 125 Å². The van der Waals surface area contributed by atoms with E-state index < -0.39 is 27.8 Å². The van der Waals surface area contributed by atoms with Gasteiger partial charge in [-0.1, -0.05) is 18.2 Å². The lowest BCUT2D eigenvalue weighted by Gasteiger charge is -2.26. The third-order valence-electron chi connectivity index (χ3n) is 3.59. The summed E-state index contributed by atoms with van der Waals surface area (Å²) in [4.78, 5) is 12.0. The van der Waals surface area contributed by atoms with Gasteiger partial charge in [0.1, 0.15) is 11.7 Å². The smallest absolute Gasteiger partial charge is 0.251 e. The van der Waals surface area contributed by atoms with Gasteiger partial charge in [-0.3, -0.25) is 4.79 Å². The summed E-state index contributed by atoms with van der Waals surface area (Å²) in [6.45, 7) is -0.578. The van der Waals surface area contributed by atoms with Crippen molar-refractivity contribution in [1.82, 2.24) is 10.0 Å². The first-order chi connectivity index (χ1) is 10.7. The Kier molecular flexibility index (Phi) is 5.37. The first kappa shape index (κ1) is 17.8. The van der Waals surface area contributed by atoms with Crippen LogP contribution >= 0.6 is 0 Å². The number of benzene rings is 1. The number of carbonyl (C=O) groups is 1. The summed E-state index contributed by atoms with van der Waals surface area (Å²) in [5.41, 5.74) is -1.24. The van der Waals surface area contributed by atoms with E-state index in [1.165, 1.54) is 0 Å². The molecule has 0 bridgehead atoms. The Bertz CT molecular complexity index is 650. The highest BCUT2D eigenvalue weighted by atomic mass is 32.2. The molecule has 1 amide bonds. The molecular formula is C14H20N2O6S. The van der Waals surface area contributed by atoms with Crippen LogP contribution in [-0.2, 0) is 14.8 Å². The monoisotopic (exact) mass is 344 g/mol. The van der Waals surface area contributed by atoms with Gasteiger partial charge in [0.2, 0.25) is 10.0 Å². The Labute approximate surface area is 134 Å². The number of nitrogens with one attached hydrogen (secondary N) is 2. The van der Waals surface area contributed by atoms with Crippen molar-refractivity contribution in [3.05, 3.63) is 35.9 Å². The van der Waals surface area contributed by atoms with Crippen molar-refractivity contribution in [2.24, 2.45) is 0 Å². The van der Waals surface area contributed by atoms with Crippen LogP contribution < -0.4 is 10.0 Å². The van der Waals surface area contributed by atoms with Crippen LogP contribution in [0.4, 0.5) is 0 Å². The Morgan fingerprint density at radius 1 is 1.39 bits per heavy atom. The maximum absolute atomic E-state index is 12.0. The highest BCUT2D eigenvalue weighted by Gasteiger charge is 2.48. The zero-order chi connectivity index (χ0) is 17.1. The van der Waals surface area contributed by atoms with Gasteiger partial charge in [0.25, 0.3) is 5.91 Å². The predicted molar refractivity (Wildman–Crippen MR) is 82.3 cm³/mol. The number of ether oxygens (including phenoxy) is 1. The van der Waals surface area contributed by atoms with Crippen molar-refractivity contribution in [2.45, 2.75) is 17.8 Å². The number of hydrogen-bond acceptors (Lipinski definition) is 6. The molecule has 2 rings (SSSR count). The van der Waals surface area contributed by atoms with Crippen molar-refractivity contribution in [1.29, 1.82) is 0 Å². The summed E-state index contributed by atoms with van der Waals surface area (Å²) in [6, 6.07) is 8.45. The van der Waals surface area contributed by atoms with Crippen LogP contribution in [-0.4, -0.2) is 68.3 Å². The molecule has 9 heteroatoms. The minimum absolute atomic E-state index is 0.158. The molecule has 0 radical (unpaired) electrons. The van der Waals surface area contributed by atoms with Crippen molar-refractivity contribution >= 4 is 15.9 Å². The van der Waals surface area contributed by atoms with E-state index >= 15 is 0 Å². The summed E-state index contributed by atoms with van der Waals surface area (Å²) in [6.07, 6.45) is -1.23. The van der Waals surface area contributed by atoms with Crippen LogP contribution in [0.15, 0.2) is 30.3 Å². The summed E-state index contributed by atoms with van der Waals surface area (Å²) in [7, 11) is -3.43. The third kappa shape index (κ3) is 4.72. The maximum Gasteiger partial charge on any atom is 0.251 e. The number of sulfonamides is 1. The number of amides is 1. The predicted octanol–water partition coefficient (Wildman–Crippen LogP) is -1.54. The van der Waals surface area contributed by atoms with Crippen molar-refractivity contribution in [3.63, 3.8) is 0 Å². The zero-order valence-corrected chi connectivity index (χ0v) is 13.4. The second kappa shape index (κ2) is 6.93. The molecule has 128 valence electrons. The fraction of sp³-hybridized carbons (Fsp3) is 0.500. The minimum atomic E-state index is -3.43. The van der Waals surface area contributed by atoms with E-state index in [2.05, 4.69) is 10.0 Å². The Balaban J connectivity index is 1.91. The second-order valence-electron chi connectivity index (χ2n) is 5.57. The average Bonchev–Trinajstić information content (AvgIpc) is 2.79. The van der Waals surface area contributed by atoms with Crippen LogP contribution in [0.3, 0.4) is 0 Å². The standard InChI is InChI=1S/C14H20N2O6S/c1-23(20,21)16-7-11-12(17)14(19,9-22-11)8-15-13(18)10-5-3-2-4-6-10/h2-6,11-12,16-17,19H,7-9H2,1H3,(H,15,18)/t11-,12-,14+/m1/s1. The van der Waals surface area contributed by atoms with Crippen molar-refractivity contribution in [2.75, 3.05) is 26.0 Å². The highest BCUT2D eigenvalue weighted by Crippen LogP contribution is 2.24. The second-order valence-corrected chi connectivity index (χ2v) is 7.40. The number of aliphatic hydroxyl groups is 2. The molecule has 4 N–H and O–H groups in total. The molecule has 1 aromatic rings. The van der Waals surface area contributed by atoms with Gasteiger partial charge < -0.3 is 20.3 Å². The molecule has 1 heterocycles. The lowest BCUT2D eigenvalue weighted by molar-refractivity contribution is -0.0462. The molecule has 8 nitrogen and oxygen atoms in total. The Morgan fingerprint density at radius 3 is 2.65 bits per heavy atom. The molecular weight excluding hydrogens is 324 g/mol. The van der Waals surface area contributed by atoms with Crippen LogP contribution in [0.25, 0.3) is 0 Å². The van der Waals surface area contributed by atoms with Gasteiger partial charge in [0, 0.05) is 12.1 Å². The fourth-order valence-electron chi connectivity index (χ4n) is 2.26. The summed E-state index contributed by atoms with van der Waals surface area (Å²) >= 11 is 0. The number of rotatable bonds is 6. The fourth-order valence-corrected chi connectivity index (χ4v) is 2.73. The first-order valence-corrected chi connectivity index (χ1v) is 8.90. The number of hydrogen-bond donors (Lipinski definition) is 4. The number of carbonyl (C=O) groups excluding carboxylic acids is 1. The highest BCUT2D eigenvalue weighted by molar-refractivity contribution is 7.88. The van der Waals surface area contributed by atoms with Gasteiger partial charge in [0.15, 0.2) is 0 Å². The quantitative estimate of drug-likeness (QED) is 0.495. The minimum Gasteiger partial charge on any atom is -0.387 e. The van der Waals surface area contributed by atoms with Crippen LogP contribution in [0.1, 0.15) is 10.4 Å². The molecule has 23 heavy (non-hydrogen) atoms. The summed E-state index contributed by atoms with van der Waals surface area (Å²) < 4.78 is 29.6. The molecule has 0 unspecified atom stereocenters. The van der Waals surface area contributed by atoms with Gasteiger partial charge in [-0.15, -0.1) is 0 Å². The van der Waals surface area contributed by atoms with E-state index in [0.29, 0.717) is 5.56 Å². The largest absolute Gasteiger partial charge is 0.387 e. The first-order valence-electron chi connectivity index (χ1n) is 7.01. The Hall–Kier alpha value is -1.52. The molecule has 3 atom stereocenters. The summed E-state index contributed by atoms with van der Waals surface area (Å²) in [5, 5.41) is 23.1. The van der Waals surface area contributed by atoms with Crippen molar-refractivity contribution in [3.8, 4) is 0 Å². The van der Waals surface area contributed by atoms with Crippen LogP contribution in [0.5, 0.6) is 0 Å². The maximum atomic E-state index is 12.0. The summed E-state index contributed by atoms with van der Waals surface area (Å²) in [5.74, 6) is -0.385. The zero-order valence-electron chi connectivity index (χ0n) is 12.6. The van der Waals surface area contributed by atoms with E-state index in [-0.39, 0.29) is 25.6 Å². The molecule has 0 saturated carbocycles. The lowest BCUT2D eigenvalue weighted by Crippen LogP contribution is -2.53. The van der Waals surface area contributed by atoms with Gasteiger partial charge in [-0.2, -0.15) is 0 Å². The molecule has 1 aliphatic heterocycles. The molecule has 1 fully saturated rings. The Morgan fingerprint density at radius 2 is 2.04 bits per heavy atom. The lowest BCUT2D eigenvalue weighted by atomic mass is 9.96. The normalized spacial score (nSPS) is 27.8. The molecule has 1 saturated heterocycles. The van der Waals surface area contributed by atoms with Crippen LogP contribution in [0, 0.1) is 0 Å². The molecule has 0 spiro atoms. The van der Waals surface area contributed by atoms with Gasteiger partial charge in [-0.25, -0.2) is 13.1 Å². The molecule has 0 aliphatic carbocycles. The van der Waals surface area contributed by atoms with E-state index in [4.69, 9.17) is 4.74 Å². The molecule has 1 aliphatic rings. The van der Waals surface area contributed by atoms with E-state index in [0.717, 1.165) is 6.26 Å². The van der Waals surface area contributed by atoms with Gasteiger partial charge >= 0.3 is 0 Å². The van der Waals surface area contributed by atoms with Crippen molar-refractivity contribution < 1.29 is 28.2 Å². The van der Waals surface area contributed by atoms with E-state index in [9.17, 15) is 23.4 Å². The van der Waals surface area contributed by atoms with E-state index in [1.807, 2.05) is 0 Å². The third-order valence-corrected chi connectivity index (χ3v) is 4.28.